The van der Waals surface area contributed by atoms with Gasteiger partial charge in [0.2, 0.25) is 0 Å². The second-order valence-electron chi connectivity index (χ2n) is 3.03. The van der Waals surface area contributed by atoms with Gasteiger partial charge < -0.3 is 9.63 Å². The van der Waals surface area contributed by atoms with Gasteiger partial charge in [0.05, 0.1) is 4.92 Å². The van der Waals surface area contributed by atoms with Crippen LogP contribution in [0.4, 0.5) is 5.69 Å². The van der Waals surface area contributed by atoms with Crippen LogP contribution in [0.5, 0.6) is 0 Å². The second-order valence-corrected chi connectivity index (χ2v) is 3.03. The van der Waals surface area contributed by atoms with E-state index in [1.54, 1.807) is 0 Å². The minimum absolute atomic E-state index is 0.00250. The zero-order valence-electron chi connectivity index (χ0n) is 8.23. The SMILES string of the molecule is O=C(O)c1noc(-c2ccc([N+](=O)[O-])cc2)n1. The highest BCUT2D eigenvalue weighted by Crippen LogP contribution is 2.20. The summed E-state index contributed by atoms with van der Waals surface area (Å²) in [4.78, 5) is 24.0. The summed E-state index contributed by atoms with van der Waals surface area (Å²) in [6.07, 6.45) is 0. The van der Waals surface area contributed by atoms with Crippen LogP contribution in [-0.4, -0.2) is 26.1 Å². The molecule has 1 aromatic carbocycles. The molecule has 86 valence electrons. The third-order valence-electron chi connectivity index (χ3n) is 1.94. The Kier molecular flexibility index (Phi) is 2.53. The third-order valence-corrected chi connectivity index (χ3v) is 1.94. The Morgan fingerprint density at radius 1 is 1.35 bits per heavy atom. The Morgan fingerprint density at radius 2 is 2.00 bits per heavy atom. The van der Waals surface area contributed by atoms with Crippen molar-refractivity contribution in [3.8, 4) is 11.5 Å². The molecule has 0 saturated carbocycles. The number of nitrogens with zero attached hydrogens (tertiary/aromatic N) is 3. The van der Waals surface area contributed by atoms with Crippen molar-refractivity contribution in [3.05, 3.63) is 40.2 Å². The second kappa shape index (κ2) is 4.00. The first-order valence-electron chi connectivity index (χ1n) is 4.40. The van der Waals surface area contributed by atoms with Crippen LogP contribution in [-0.2, 0) is 0 Å². The van der Waals surface area contributed by atoms with Gasteiger partial charge in [-0.1, -0.05) is 0 Å². The number of nitro groups is 1. The van der Waals surface area contributed by atoms with E-state index in [4.69, 9.17) is 9.63 Å². The minimum atomic E-state index is -1.30. The number of aromatic carboxylic acids is 1. The normalized spacial score (nSPS) is 10.1. The number of benzene rings is 1. The Balaban J connectivity index is 2.33. The van der Waals surface area contributed by atoms with E-state index in [1.165, 1.54) is 24.3 Å². The average Bonchev–Trinajstić information content (AvgIpc) is 2.78. The maximum atomic E-state index is 10.5. The lowest BCUT2D eigenvalue weighted by Gasteiger charge is -1.93. The molecule has 2 rings (SSSR count). The van der Waals surface area contributed by atoms with Crippen molar-refractivity contribution in [1.82, 2.24) is 10.1 Å². The molecule has 1 N–H and O–H groups in total. The van der Waals surface area contributed by atoms with Crippen molar-refractivity contribution in [3.63, 3.8) is 0 Å². The lowest BCUT2D eigenvalue weighted by atomic mass is 10.2. The van der Waals surface area contributed by atoms with E-state index in [9.17, 15) is 14.9 Å². The predicted molar refractivity (Wildman–Crippen MR) is 53.3 cm³/mol. The van der Waals surface area contributed by atoms with Crippen LogP contribution in [0.25, 0.3) is 11.5 Å². The van der Waals surface area contributed by atoms with E-state index < -0.39 is 16.7 Å². The highest BCUT2D eigenvalue weighted by atomic mass is 16.6. The first kappa shape index (κ1) is 10.7. The summed E-state index contributed by atoms with van der Waals surface area (Å²) in [6.45, 7) is 0. The molecular weight excluding hydrogens is 230 g/mol. The zero-order chi connectivity index (χ0) is 12.4. The minimum Gasteiger partial charge on any atom is -0.475 e. The van der Waals surface area contributed by atoms with Gasteiger partial charge in [-0.05, 0) is 17.3 Å². The summed E-state index contributed by atoms with van der Waals surface area (Å²) in [7, 11) is 0. The van der Waals surface area contributed by atoms with Gasteiger partial charge in [0.25, 0.3) is 17.4 Å². The summed E-state index contributed by atoms with van der Waals surface area (Å²) in [6, 6.07) is 5.33. The Hall–Kier alpha value is -2.77. The average molecular weight is 235 g/mol. The van der Waals surface area contributed by atoms with E-state index in [2.05, 4.69) is 10.1 Å². The van der Waals surface area contributed by atoms with Crippen molar-refractivity contribution < 1.29 is 19.3 Å². The molecule has 17 heavy (non-hydrogen) atoms. The van der Waals surface area contributed by atoms with Crippen LogP contribution in [0.1, 0.15) is 10.6 Å². The maximum absolute atomic E-state index is 10.5. The van der Waals surface area contributed by atoms with Crippen LogP contribution in [0.15, 0.2) is 28.8 Å². The topological polar surface area (TPSA) is 119 Å². The molecule has 0 aliphatic carbocycles. The van der Waals surface area contributed by atoms with E-state index in [0.29, 0.717) is 5.56 Å². The lowest BCUT2D eigenvalue weighted by Crippen LogP contribution is -1.98. The van der Waals surface area contributed by atoms with Gasteiger partial charge >= 0.3 is 5.97 Å². The summed E-state index contributed by atoms with van der Waals surface area (Å²) < 4.78 is 4.70. The molecule has 0 aliphatic heterocycles. The summed E-state index contributed by atoms with van der Waals surface area (Å²) in [5.41, 5.74) is 0.335. The van der Waals surface area contributed by atoms with Gasteiger partial charge in [0.1, 0.15) is 0 Å². The molecule has 1 heterocycles. The van der Waals surface area contributed by atoms with E-state index in [0.717, 1.165) is 0 Å². The quantitative estimate of drug-likeness (QED) is 0.629. The Morgan fingerprint density at radius 3 is 2.47 bits per heavy atom. The van der Waals surface area contributed by atoms with Crippen LogP contribution < -0.4 is 0 Å². The van der Waals surface area contributed by atoms with Crippen LogP contribution in [0, 0.1) is 10.1 Å². The zero-order valence-corrected chi connectivity index (χ0v) is 8.23. The first-order chi connectivity index (χ1) is 8.08. The van der Waals surface area contributed by atoms with Gasteiger partial charge in [-0.25, -0.2) is 4.79 Å². The van der Waals surface area contributed by atoms with Gasteiger partial charge in [-0.2, -0.15) is 4.98 Å². The number of hydrogen-bond acceptors (Lipinski definition) is 6. The smallest absolute Gasteiger partial charge is 0.377 e. The molecule has 8 heteroatoms. The molecule has 0 spiro atoms. The standard InChI is InChI=1S/C9H5N3O5/c13-9(14)7-10-8(17-11-7)5-1-3-6(4-2-5)12(15)16/h1-4H,(H,13,14). The largest absolute Gasteiger partial charge is 0.475 e. The van der Waals surface area contributed by atoms with E-state index in [1.807, 2.05) is 0 Å². The van der Waals surface area contributed by atoms with Crippen molar-refractivity contribution in [2.75, 3.05) is 0 Å². The molecule has 0 unspecified atom stereocenters. The van der Waals surface area contributed by atoms with Crippen LogP contribution in [0.2, 0.25) is 0 Å². The highest BCUT2D eigenvalue weighted by Gasteiger charge is 2.15. The van der Waals surface area contributed by atoms with Crippen molar-refractivity contribution in [2.45, 2.75) is 0 Å². The molecule has 0 saturated heterocycles. The lowest BCUT2D eigenvalue weighted by molar-refractivity contribution is -0.384. The fourth-order valence-corrected chi connectivity index (χ4v) is 1.15. The first-order valence-corrected chi connectivity index (χ1v) is 4.40. The van der Waals surface area contributed by atoms with E-state index >= 15 is 0 Å². The number of hydrogen-bond donors (Lipinski definition) is 1. The molecule has 0 aliphatic rings. The predicted octanol–water partition coefficient (Wildman–Crippen LogP) is 1.34. The molecule has 0 atom stereocenters. The summed E-state index contributed by atoms with van der Waals surface area (Å²) in [5.74, 6) is -1.77. The summed E-state index contributed by atoms with van der Waals surface area (Å²) >= 11 is 0. The number of carbonyl (C=O) groups is 1. The number of aromatic nitrogens is 2. The van der Waals surface area contributed by atoms with E-state index in [-0.39, 0.29) is 11.6 Å². The monoisotopic (exact) mass is 235 g/mol. The van der Waals surface area contributed by atoms with Gasteiger partial charge in [-0.3, -0.25) is 10.1 Å². The van der Waals surface area contributed by atoms with Gasteiger partial charge in [-0.15, -0.1) is 0 Å². The third kappa shape index (κ3) is 2.09. The fraction of sp³-hybridized carbons (Fsp3) is 0. The number of rotatable bonds is 3. The van der Waals surface area contributed by atoms with Gasteiger partial charge in [0, 0.05) is 17.7 Å². The number of carboxylic acid groups (broad SMARTS) is 1. The van der Waals surface area contributed by atoms with Crippen molar-refractivity contribution in [1.29, 1.82) is 0 Å². The Bertz CT molecular complexity index is 575. The fourth-order valence-electron chi connectivity index (χ4n) is 1.15. The molecule has 0 radical (unpaired) electrons. The number of non-ortho nitro benzene ring substituents is 1. The molecule has 1 aromatic heterocycles. The molecule has 8 nitrogen and oxygen atoms in total. The number of nitro benzene ring substituents is 1. The molecule has 0 fully saturated rings. The van der Waals surface area contributed by atoms with Crippen LogP contribution >= 0.6 is 0 Å². The molecule has 0 bridgehead atoms. The van der Waals surface area contributed by atoms with Gasteiger partial charge in [0.15, 0.2) is 0 Å². The molecular formula is C9H5N3O5. The summed E-state index contributed by atoms with van der Waals surface area (Å²) in [5, 5.41) is 22.2. The highest BCUT2D eigenvalue weighted by molar-refractivity contribution is 5.83. The van der Waals surface area contributed by atoms with Crippen molar-refractivity contribution >= 4 is 11.7 Å². The molecule has 0 amide bonds. The maximum Gasteiger partial charge on any atom is 0.377 e. The number of carboxylic acids is 1. The Labute approximate surface area is 93.6 Å². The molecule has 2 aromatic rings. The van der Waals surface area contributed by atoms with Crippen molar-refractivity contribution in [2.24, 2.45) is 0 Å². The van der Waals surface area contributed by atoms with Crippen LogP contribution in [0.3, 0.4) is 0 Å².